The minimum absolute atomic E-state index is 0.225. The first kappa shape index (κ1) is 11.8. The number of H-pyrrole nitrogens is 1. The molecule has 0 saturated heterocycles. The van der Waals surface area contributed by atoms with Crippen molar-refractivity contribution in [3.05, 3.63) is 34.2 Å². The fraction of sp³-hybridized carbons (Fsp3) is 0.0909. The van der Waals surface area contributed by atoms with Gasteiger partial charge in [0.15, 0.2) is 0 Å². The Bertz CT molecular complexity index is 601. The highest BCUT2D eigenvalue weighted by Gasteiger charge is 2.13. The van der Waals surface area contributed by atoms with Crippen molar-refractivity contribution in [1.29, 1.82) is 5.26 Å². The first-order valence-electron chi connectivity index (χ1n) is 4.65. The van der Waals surface area contributed by atoms with Gasteiger partial charge in [0.05, 0.1) is 24.0 Å². The fourth-order valence-electron chi connectivity index (χ4n) is 1.41. The quantitative estimate of drug-likeness (QED) is 0.909. The van der Waals surface area contributed by atoms with Crippen LogP contribution in [0.5, 0.6) is 5.75 Å². The van der Waals surface area contributed by atoms with Crippen molar-refractivity contribution in [1.82, 2.24) is 9.97 Å². The third-order valence-corrected chi connectivity index (χ3v) is 3.10. The zero-order valence-electron chi connectivity index (χ0n) is 8.79. The summed E-state index contributed by atoms with van der Waals surface area (Å²) in [6.45, 7) is 0. The second-order valence-electron chi connectivity index (χ2n) is 3.20. The molecule has 17 heavy (non-hydrogen) atoms. The molecular formula is C11H7Cl2N3O. The number of imidazole rings is 1. The molecule has 1 N–H and O–H groups in total. The number of hydrogen-bond donors (Lipinski definition) is 1. The topological polar surface area (TPSA) is 61.7 Å². The highest BCUT2D eigenvalue weighted by Crippen LogP contribution is 2.38. The van der Waals surface area contributed by atoms with Gasteiger partial charge in [-0.25, -0.2) is 4.98 Å². The Morgan fingerprint density at radius 3 is 2.71 bits per heavy atom. The molecule has 0 radical (unpaired) electrons. The van der Waals surface area contributed by atoms with E-state index in [9.17, 15) is 0 Å². The van der Waals surface area contributed by atoms with Crippen LogP contribution >= 0.6 is 23.2 Å². The lowest BCUT2D eigenvalue weighted by Gasteiger charge is -2.07. The van der Waals surface area contributed by atoms with Gasteiger partial charge in [-0.3, -0.25) is 0 Å². The van der Waals surface area contributed by atoms with Crippen LogP contribution in [0.2, 0.25) is 10.0 Å². The summed E-state index contributed by atoms with van der Waals surface area (Å²) < 4.78 is 5.05. The van der Waals surface area contributed by atoms with E-state index in [0.717, 1.165) is 0 Å². The second kappa shape index (κ2) is 4.66. The third-order valence-electron chi connectivity index (χ3n) is 2.24. The van der Waals surface area contributed by atoms with Crippen molar-refractivity contribution in [3.63, 3.8) is 0 Å². The molecular weight excluding hydrogens is 261 g/mol. The molecule has 0 fully saturated rings. The molecule has 1 heterocycles. The van der Waals surface area contributed by atoms with Crippen LogP contribution in [0.4, 0.5) is 0 Å². The lowest BCUT2D eigenvalue weighted by atomic mass is 10.1. The Labute approximate surface area is 108 Å². The molecule has 0 aliphatic carbocycles. The largest absolute Gasteiger partial charge is 0.495 e. The Morgan fingerprint density at radius 1 is 1.35 bits per heavy atom. The minimum atomic E-state index is 0.225. The Balaban J connectivity index is 2.54. The lowest BCUT2D eigenvalue weighted by molar-refractivity contribution is 0.415. The van der Waals surface area contributed by atoms with E-state index in [1.807, 2.05) is 6.07 Å². The lowest BCUT2D eigenvalue weighted by Crippen LogP contribution is -1.87. The monoisotopic (exact) mass is 267 g/mol. The number of hydrogen-bond acceptors (Lipinski definition) is 3. The molecule has 1 aromatic carbocycles. The summed E-state index contributed by atoms with van der Waals surface area (Å²) in [4.78, 5) is 6.70. The van der Waals surface area contributed by atoms with E-state index in [1.165, 1.54) is 13.3 Å². The Hall–Kier alpha value is -1.70. The first-order chi connectivity index (χ1) is 8.17. The molecule has 1 aromatic heterocycles. The predicted molar refractivity (Wildman–Crippen MR) is 65.3 cm³/mol. The molecule has 0 aliphatic heterocycles. The van der Waals surface area contributed by atoms with E-state index in [4.69, 9.17) is 33.2 Å². The molecule has 0 unspecified atom stereocenters. The summed E-state index contributed by atoms with van der Waals surface area (Å²) in [7, 11) is 1.52. The van der Waals surface area contributed by atoms with Gasteiger partial charge in [0.1, 0.15) is 16.8 Å². The van der Waals surface area contributed by atoms with E-state index < -0.39 is 0 Å². The zero-order chi connectivity index (χ0) is 12.4. The molecule has 2 rings (SSSR count). The average molecular weight is 268 g/mol. The number of rotatable bonds is 2. The van der Waals surface area contributed by atoms with E-state index in [2.05, 4.69) is 9.97 Å². The number of aromatic amines is 1. The molecule has 0 amide bonds. The van der Waals surface area contributed by atoms with Gasteiger partial charge in [0, 0.05) is 5.56 Å². The van der Waals surface area contributed by atoms with Crippen LogP contribution in [0.1, 0.15) is 5.82 Å². The number of ether oxygens (including phenoxy) is 1. The normalized spacial score (nSPS) is 10.0. The fourth-order valence-corrected chi connectivity index (χ4v) is 1.91. The van der Waals surface area contributed by atoms with Crippen molar-refractivity contribution in [2.75, 3.05) is 7.11 Å². The van der Waals surface area contributed by atoms with Gasteiger partial charge in [-0.15, -0.1) is 0 Å². The van der Waals surface area contributed by atoms with Crippen LogP contribution in [-0.4, -0.2) is 17.1 Å². The number of aromatic nitrogens is 2. The number of nitrogens with one attached hydrogen (secondary N) is 1. The van der Waals surface area contributed by atoms with Gasteiger partial charge in [0.25, 0.3) is 0 Å². The van der Waals surface area contributed by atoms with Gasteiger partial charge in [-0.1, -0.05) is 23.2 Å². The van der Waals surface area contributed by atoms with Crippen LogP contribution in [0.3, 0.4) is 0 Å². The number of nitrogens with zero attached hydrogens (tertiary/aromatic N) is 2. The van der Waals surface area contributed by atoms with Crippen molar-refractivity contribution in [2.45, 2.75) is 0 Å². The maximum atomic E-state index is 8.68. The van der Waals surface area contributed by atoms with E-state index >= 15 is 0 Å². The van der Waals surface area contributed by atoms with Crippen molar-refractivity contribution < 1.29 is 4.74 Å². The van der Waals surface area contributed by atoms with Crippen molar-refractivity contribution in [2.24, 2.45) is 0 Å². The van der Waals surface area contributed by atoms with Gasteiger partial charge >= 0.3 is 0 Å². The number of halogens is 2. The highest BCUT2D eigenvalue weighted by atomic mass is 35.5. The molecule has 0 aliphatic rings. The van der Waals surface area contributed by atoms with Crippen LogP contribution in [0, 0.1) is 11.3 Å². The number of benzene rings is 1. The van der Waals surface area contributed by atoms with Gasteiger partial charge in [-0.2, -0.15) is 5.26 Å². The average Bonchev–Trinajstić information content (AvgIpc) is 2.81. The Morgan fingerprint density at radius 2 is 2.12 bits per heavy atom. The van der Waals surface area contributed by atoms with Crippen LogP contribution in [0.15, 0.2) is 18.3 Å². The van der Waals surface area contributed by atoms with Gasteiger partial charge in [-0.05, 0) is 12.1 Å². The standard InChI is InChI=1S/C11H7Cl2N3O/c1-17-8-3-2-6(10(12)11(8)13)7-5-15-9(4-14)16-7/h2-3,5H,1H3,(H,15,16). The number of methoxy groups -OCH3 is 1. The molecule has 0 atom stereocenters. The molecule has 6 heteroatoms. The SMILES string of the molecule is COc1ccc(-c2cnc(C#N)[nH]2)c(Cl)c1Cl. The first-order valence-corrected chi connectivity index (χ1v) is 5.40. The van der Waals surface area contributed by atoms with Crippen LogP contribution < -0.4 is 4.74 Å². The molecule has 4 nitrogen and oxygen atoms in total. The summed E-state index contributed by atoms with van der Waals surface area (Å²) in [5.74, 6) is 0.725. The minimum Gasteiger partial charge on any atom is -0.495 e. The van der Waals surface area contributed by atoms with Gasteiger partial charge < -0.3 is 9.72 Å². The van der Waals surface area contributed by atoms with E-state index in [1.54, 1.807) is 12.1 Å². The summed E-state index contributed by atoms with van der Waals surface area (Å²) in [5.41, 5.74) is 1.31. The molecule has 0 bridgehead atoms. The van der Waals surface area contributed by atoms with E-state index in [-0.39, 0.29) is 5.82 Å². The van der Waals surface area contributed by atoms with Gasteiger partial charge in [0.2, 0.25) is 5.82 Å². The molecule has 0 spiro atoms. The summed E-state index contributed by atoms with van der Waals surface area (Å²) in [6.07, 6.45) is 1.53. The summed E-state index contributed by atoms with van der Waals surface area (Å²) in [5, 5.41) is 9.37. The molecule has 2 aromatic rings. The highest BCUT2D eigenvalue weighted by molar-refractivity contribution is 6.44. The number of nitriles is 1. The second-order valence-corrected chi connectivity index (χ2v) is 3.96. The van der Waals surface area contributed by atoms with Crippen molar-refractivity contribution >= 4 is 23.2 Å². The maximum Gasteiger partial charge on any atom is 0.210 e. The summed E-state index contributed by atoms with van der Waals surface area (Å²) >= 11 is 12.2. The predicted octanol–water partition coefficient (Wildman–Crippen LogP) is 3.26. The molecule has 86 valence electrons. The maximum absolute atomic E-state index is 8.68. The van der Waals surface area contributed by atoms with Crippen LogP contribution in [-0.2, 0) is 0 Å². The van der Waals surface area contributed by atoms with Crippen molar-refractivity contribution in [3.8, 4) is 23.1 Å². The third kappa shape index (κ3) is 2.07. The van der Waals surface area contributed by atoms with E-state index in [0.29, 0.717) is 27.1 Å². The zero-order valence-corrected chi connectivity index (χ0v) is 10.3. The van der Waals surface area contributed by atoms with Crippen LogP contribution in [0.25, 0.3) is 11.3 Å². The smallest absolute Gasteiger partial charge is 0.210 e. The summed E-state index contributed by atoms with van der Waals surface area (Å²) in [6, 6.07) is 5.36. The molecule has 0 saturated carbocycles. The Kier molecular flexibility index (Phi) is 3.23.